The van der Waals surface area contributed by atoms with Gasteiger partial charge in [0.2, 0.25) is 27.6 Å². The fourth-order valence-electron chi connectivity index (χ4n) is 3.04. The molecular formula is C21H24N4O4S. The lowest BCUT2D eigenvalue weighted by atomic mass is 10.1. The fraction of sp³-hybridized carbons (Fsp3) is 0.286. The van der Waals surface area contributed by atoms with Gasteiger partial charge in [-0.25, -0.2) is 8.42 Å². The van der Waals surface area contributed by atoms with E-state index in [2.05, 4.69) is 15.5 Å². The van der Waals surface area contributed by atoms with Crippen LogP contribution in [-0.4, -0.2) is 36.8 Å². The van der Waals surface area contributed by atoms with Gasteiger partial charge in [-0.3, -0.25) is 9.10 Å². The van der Waals surface area contributed by atoms with Gasteiger partial charge in [-0.2, -0.15) is 4.98 Å². The van der Waals surface area contributed by atoms with E-state index in [4.69, 9.17) is 4.52 Å². The van der Waals surface area contributed by atoms with Gasteiger partial charge < -0.3 is 9.84 Å². The number of carbonyl (C=O) groups excluding carboxylic acids is 1. The number of nitrogens with one attached hydrogen (secondary N) is 1. The molecule has 0 aliphatic carbocycles. The van der Waals surface area contributed by atoms with E-state index in [1.807, 2.05) is 38.1 Å². The Kier molecular flexibility index (Phi) is 6.21. The highest BCUT2D eigenvalue weighted by molar-refractivity contribution is 7.92. The van der Waals surface area contributed by atoms with Crippen molar-refractivity contribution in [2.45, 2.75) is 33.4 Å². The van der Waals surface area contributed by atoms with Gasteiger partial charge in [0.15, 0.2) is 0 Å². The van der Waals surface area contributed by atoms with Gasteiger partial charge in [0.05, 0.1) is 18.5 Å². The normalized spacial score (nSPS) is 12.4. The van der Waals surface area contributed by atoms with Crippen LogP contribution in [0.15, 0.2) is 53.1 Å². The second-order valence-corrected chi connectivity index (χ2v) is 9.03. The summed E-state index contributed by atoms with van der Waals surface area (Å²) in [5.74, 6) is 0.179. The number of benzene rings is 2. The third kappa shape index (κ3) is 5.04. The maximum absolute atomic E-state index is 12.7. The zero-order valence-corrected chi connectivity index (χ0v) is 18.1. The molecule has 3 aromatic rings. The minimum Gasteiger partial charge on any atom is -0.345 e. The number of amides is 1. The Bertz CT molecular complexity index is 1140. The van der Waals surface area contributed by atoms with E-state index >= 15 is 0 Å². The molecule has 3 rings (SSSR count). The van der Waals surface area contributed by atoms with Crippen molar-refractivity contribution >= 4 is 21.6 Å². The van der Waals surface area contributed by atoms with E-state index in [0.717, 1.165) is 27.3 Å². The van der Waals surface area contributed by atoms with Crippen molar-refractivity contribution in [1.82, 2.24) is 15.5 Å². The molecule has 1 N–H and O–H groups in total. The molecular weight excluding hydrogens is 404 g/mol. The molecule has 0 saturated carbocycles. The lowest BCUT2D eigenvalue weighted by Gasteiger charge is -2.28. The molecule has 1 amide bonds. The average Bonchev–Trinajstić information content (AvgIpc) is 3.16. The van der Waals surface area contributed by atoms with Gasteiger partial charge in [-0.15, -0.1) is 0 Å². The molecule has 0 spiro atoms. The molecule has 2 aromatic carbocycles. The largest absolute Gasteiger partial charge is 0.345 e. The second kappa shape index (κ2) is 8.66. The Labute approximate surface area is 176 Å². The van der Waals surface area contributed by atoms with Crippen LogP contribution in [0, 0.1) is 13.8 Å². The number of aryl methyl sites for hydroxylation is 2. The molecule has 1 aromatic heterocycles. The van der Waals surface area contributed by atoms with Crippen LogP contribution < -0.4 is 9.62 Å². The lowest BCUT2D eigenvalue weighted by Crippen LogP contribution is -2.47. The van der Waals surface area contributed by atoms with E-state index in [9.17, 15) is 13.2 Å². The molecule has 0 fully saturated rings. The first-order valence-corrected chi connectivity index (χ1v) is 11.2. The van der Waals surface area contributed by atoms with Crippen LogP contribution in [0.2, 0.25) is 0 Å². The monoisotopic (exact) mass is 428 g/mol. The summed E-state index contributed by atoms with van der Waals surface area (Å²) in [6, 6.07) is 13.6. The van der Waals surface area contributed by atoms with Crippen LogP contribution in [0.25, 0.3) is 11.4 Å². The summed E-state index contributed by atoms with van der Waals surface area (Å²) in [6.45, 7) is 5.39. The third-order valence-corrected chi connectivity index (χ3v) is 5.78. The zero-order chi connectivity index (χ0) is 21.9. The molecule has 0 aliphatic heterocycles. The Balaban J connectivity index is 1.71. The molecule has 0 aliphatic rings. The van der Waals surface area contributed by atoms with Crippen LogP contribution >= 0.6 is 0 Å². The lowest BCUT2D eigenvalue weighted by molar-refractivity contribution is -0.122. The fourth-order valence-corrected chi connectivity index (χ4v) is 4.21. The van der Waals surface area contributed by atoms with Crippen LogP contribution in [-0.2, 0) is 21.4 Å². The van der Waals surface area contributed by atoms with Crippen LogP contribution in [0.4, 0.5) is 5.69 Å². The molecule has 1 heterocycles. The maximum atomic E-state index is 12.7. The highest BCUT2D eigenvalue weighted by atomic mass is 32.2. The molecule has 30 heavy (non-hydrogen) atoms. The van der Waals surface area contributed by atoms with Gasteiger partial charge in [0.1, 0.15) is 6.04 Å². The first-order valence-electron chi connectivity index (χ1n) is 9.38. The highest BCUT2D eigenvalue weighted by Gasteiger charge is 2.29. The van der Waals surface area contributed by atoms with E-state index in [1.165, 1.54) is 6.92 Å². The zero-order valence-electron chi connectivity index (χ0n) is 17.3. The van der Waals surface area contributed by atoms with E-state index in [1.54, 1.807) is 24.3 Å². The Morgan fingerprint density at radius 2 is 1.83 bits per heavy atom. The van der Waals surface area contributed by atoms with Crippen LogP contribution in [0.5, 0.6) is 0 Å². The minimum atomic E-state index is -3.67. The van der Waals surface area contributed by atoms with Crippen LogP contribution in [0.3, 0.4) is 0 Å². The van der Waals surface area contributed by atoms with Crippen molar-refractivity contribution in [2.75, 3.05) is 10.6 Å². The quantitative estimate of drug-likeness (QED) is 0.620. The first-order chi connectivity index (χ1) is 14.1. The van der Waals surface area contributed by atoms with Crippen molar-refractivity contribution in [3.8, 4) is 11.4 Å². The van der Waals surface area contributed by atoms with Gasteiger partial charge in [-0.1, -0.05) is 46.6 Å². The summed E-state index contributed by atoms with van der Waals surface area (Å²) in [7, 11) is -3.67. The maximum Gasteiger partial charge on any atom is 0.246 e. The number of hydrogen-bond donors (Lipinski definition) is 1. The van der Waals surface area contributed by atoms with Crippen molar-refractivity contribution < 1.29 is 17.7 Å². The van der Waals surface area contributed by atoms with Gasteiger partial charge >= 0.3 is 0 Å². The van der Waals surface area contributed by atoms with Gasteiger partial charge in [-0.05, 0) is 39.0 Å². The van der Waals surface area contributed by atoms with Crippen LogP contribution in [0.1, 0.15) is 23.9 Å². The molecule has 0 radical (unpaired) electrons. The number of nitrogens with zero attached hydrogens (tertiary/aromatic N) is 3. The molecule has 0 bridgehead atoms. The SMILES string of the molecule is Cc1ccc(N(C(C)C(=O)NCc2nc(-c3cccc(C)c3)no2)S(C)(=O)=O)cc1. The Morgan fingerprint density at radius 1 is 1.13 bits per heavy atom. The third-order valence-electron chi connectivity index (χ3n) is 4.54. The minimum absolute atomic E-state index is 0.00646. The van der Waals surface area contributed by atoms with Crippen molar-refractivity contribution in [3.63, 3.8) is 0 Å². The molecule has 9 heteroatoms. The highest BCUT2D eigenvalue weighted by Crippen LogP contribution is 2.21. The van der Waals surface area contributed by atoms with E-state index in [-0.39, 0.29) is 12.4 Å². The Hall–Kier alpha value is -3.20. The molecule has 0 saturated heterocycles. The first kappa shape index (κ1) is 21.5. The molecule has 1 unspecified atom stereocenters. The van der Waals surface area contributed by atoms with Crippen molar-refractivity contribution in [1.29, 1.82) is 0 Å². The van der Waals surface area contributed by atoms with E-state index < -0.39 is 22.0 Å². The smallest absolute Gasteiger partial charge is 0.246 e. The van der Waals surface area contributed by atoms with Gasteiger partial charge in [0, 0.05) is 5.56 Å². The summed E-state index contributed by atoms with van der Waals surface area (Å²) in [5.41, 5.74) is 3.29. The average molecular weight is 429 g/mol. The van der Waals surface area contributed by atoms with E-state index in [0.29, 0.717) is 11.5 Å². The number of rotatable bonds is 7. The van der Waals surface area contributed by atoms with Gasteiger partial charge in [0.25, 0.3) is 0 Å². The number of anilines is 1. The van der Waals surface area contributed by atoms with Crippen molar-refractivity contribution in [2.24, 2.45) is 0 Å². The summed E-state index contributed by atoms with van der Waals surface area (Å²) < 4.78 is 31.0. The van der Waals surface area contributed by atoms with Crippen molar-refractivity contribution in [3.05, 3.63) is 65.5 Å². The predicted octanol–water partition coefficient (Wildman–Crippen LogP) is 2.82. The number of aromatic nitrogens is 2. The molecule has 8 nitrogen and oxygen atoms in total. The topological polar surface area (TPSA) is 105 Å². The standard InChI is InChI=1S/C21H24N4O4S/c1-14-8-10-18(11-9-14)25(30(4,27)28)16(3)21(26)22-13-19-23-20(24-29-19)17-7-5-6-15(2)12-17/h5-12,16H,13H2,1-4H3,(H,22,26). The Morgan fingerprint density at radius 3 is 2.47 bits per heavy atom. The summed E-state index contributed by atoms with van der Waals surface area (Å²) in [4.78, 5) is 16.9. The molecule has 158 valence electrons. The molecule has 1 atom stereocenters. The summed E-state index contributed by atoms with van der Waals surface area (Å²) in [6.07, 6.45) is 1.07. The number of hydrogen-bond acceptors (Lipinski definition) is 6. The second-order valence-electron chi connectivity index (χ2n) is 7.17. The number of sulfonamides is 1. The number of carbonyl (C=O) groups is 1. The summed E-state index contributed by atoms with van der Waals surface area (Å²) >= 11 is 0. The summed E-state index contributed by atoms with van der Waals surface area (Å²) in [5, 5.41) is 6.60. The predicted molar refractivity (Wildman–Crippen MR) is 114 cm³/mol.